The summed E-state index contributed by atoms with van der Waals surface area (Å²) in [7, 11) is 1.30. The lowest BCUT2D eigenvalue weighted by Gasteiger charge is -2.03. The van der Waals surface area contributed by atoms with Gasteiger partial charge in [-0.2, -0.15) is 0 Å². The van der Waals surface area contributed by atoms with Gasteiger partial charge in [-0.3, -0.25) is 4.79 Å². The van der Waals surface area contributed by atoms with Crippen LogP contribution >= 0.6 is 0 Å². The molecule has 0 atom stereocenters. The number of hydrogen-bond acceptors (Lipinski definition) is 3. The standard InChI is InChI=1S/C13H14N2O3/c1-7-4-5-10-9(6-7)11(14-8(2)16)12(15-10)13(17)18-3/h4-6,15H,1-3H3,(H,14,16). The van der Waals surface area contributed by atoms with Crippen LogP contribution in [0.5, 0.6) is 0 Å². The third kappa shape index (κ3) is 2.07. The monoisotopic (exact) mass is 246 g/mol. The largest absolute Gasteiger partial charge is 0.464 e. The Morgan fingerprint density at radius 3 is 2.67 bits per heavy atom. The minimum Gasteiger partial charge on any atom is -0.464 e. The van der Waals surface area contributed by atoms with Gasteiger partial charge in [0.15, 0.2) is 0 Å². The third-order valence-corrected chi connectivity index (χ3v) is 2.64. The summed E-state index contributed by atoms with van der Waals surface area (Å²) < 4.78 is 4.70. The molecular weight excluding hydrogens is 232 g/mol. The molecule has 0 radical (unpaired) electrons. The van der Waals surface area contributed by atoms with E-state index in [0.717, 1.165) is 16.5 Å². The number of hydrogen-bond donors (Lipinski definition) is 2. The van der Waals surface area contributed by atoms with E-state index >= 15 is 0 Å². The van der Waals surface area contributed by atoms with Crippen molar-refractivity contribution in [1.29, 1.82) is 0 Å². The number of carbonyl (C=O) groups excluding carboxylic acids is 2. The highest BCUT2D eigenvalue weighted by Gasteiger charge is 2.19. The maximum Gasteiger partial charge on any atom is 0.356 e. The summed E-state index contributed by atoms with van der Waals surface area (Å²) in [5.74, 6) is -0.741. The van der Waals surface area contributed by atoms with Gasteiger partial charge >= 0.3 is 5.97 Å². The molecule has 0 unspecified atom stereocenters. The number of rotatable bonds is 2. The third-order valence-electron chi connectivity index (χ3n) is 2.64. The molecule has 5 nitrogen and oxygen atoms in total. The van der Waals surface area contributed by atoms with Gasteiger partial charge in [-0.15, -0.1) is 0 Å². The predicted octanol–water partition coefficient (Wildman–Crippen LogP) is 2.22. The smallest absolute Gasteiger partial charge is 0.356 e. The van der Waals surface area contributed by atoms with Crippen molar-refractivity contribution < 1.29 is 14.3 Å². The van der Waals surface area contributed by atoms with Crippen molar-refractivity contribution in [3.8, 4) is 0 Å². The maximum absolute atomic E-state index is 11.7. The quantitative estimate of drug-likeness (QED) is 0.798. The first-order chi connectivity index (χ1) is 8.52. The summed E-state index contributed by atoms with van der Waals surface area (Å²) in [5, 5.41) is 3.46. The first-order valence-electron chi connectivity index (χ1n) is 5.51. The van der Waals surface area contributed by atoms with Crippen LogP contribution in [0.4, 0.5) is 5.69 Å². The Hall–Kier alpha value is -2.30. The minimum absolute atomic E-state index is 0.234. The summed E-state index contributed by atoms with van der Waals surface area (Å²) in [6, 6.07) is 5.70. The van der Waals surface area contributed by atoms with E-state index in [1.165, 1.54) is 14.0 Å². The van der Waals surface area contributed by atoms with Crippen LogP contribution in [-0.2, 0) is 9.53 Å². The minimum atomic E-state index is -0.507. The van der Waals surface area contributed by atoms with E-state index in [9.17, 15) is 9.59 Å². The van der Waals surface area contributed by atoms with Crippen LogP contribution in [0.1, 0.15) is 23.0 Å². The number of nitrogens with one attached hydrogen (secondary N) is 2. The second-order valence-electron chi connectivity index (χ2n) is 4.10. The van der Waals surface area contributed by atoms with Crippen LogP contribution in [0.2, 0.25) is 0 Å². The van der Waals surface area contributed by atoms with E-state index in [2.05, 4.69) is 10.3 Å². The van der Waals surface area contributed by atoms with Gasteiger partial charge in [0.05, 0.1) is 12.8 Å². The van der Waals surface area contributed by atoms with Gasteiger partial charge < -0.3 is 15.0 Å². The number of esters is 1. The molecule has 18 heavy (non-hydrogen) atoms. The summed E-state index contributed by atoms with van der Waals surface area (Å²) in [5.41, 5.74) is 2.55. The Morgan fingerprint density at radius 1 is 1.33 bits per heavy atom. The molecule has 0 saturated carbocycles. The first kappa shape index (κ1) is 12.2. The van der Waals surface area contributed by atoms with Crippen LogP contribution in [0, 0.1) is 6.92 Å². The van der Waals surface area contributed by atoms with Crippen LogP contribution in [0.3, 0.4) is 0 Å². The summed E-state index contributed by atoms with van der Waals surface area (Å²) >= 11 is 0. The zero-order valence-electron chi connectivity index (χ0n) is 10.5. The van der Waals surface area contributed by atoms with E-state index < -0.39 is 5.97 Å². The number of aromatic amines is 1. The van der Waals surface area contributed by atoms with Crippen molar-refractivity contribution in [3.63, 3.8) is 0 Å². The number of anilines is 1. The zero-order valence-corrected chi connectivity index (χ0v) is 10.5. The first-order valence-corrected chi connectivity index (χ1v) is 5.51. The molecule has 0 bridgehead atoms. The Bertz CT molecular complexity index is 628. The van der Waals surface area contributed by atoms with Crippen molar-refractivity contribution in [2.75, 3.05) is 12.4 Å². The van der Waals surface area contributed by atoms with E-state index in [0.29, 0.717) is 5.69 Å². The van der Waals surface area contributed by atoms with Crippen molar-refractivity contribution in [2.45, 2.75) is 13.8 Å². The fourth-order valence-electron chi connectivity index (χ4n) is 1.87. The number of aryl methyl sites for hydroxylation is 1. The number of amides is 1. The second kappa shape index (κ2) is 4.52. The molecular formula is C13H14N2O3. The lowest BCUT2D eigenvalue weighted by Crippen LogP contribution is -2.11. The summed E-state index contributed by atoms with van der Waals surface area (Å²) in [6.45, 7) is 3.34. The zero-order chi connectivity index (χ0) is 13.3. The number of aromatic nitrogens is 1. The maximum atomic E-state index is 11.7. The lowest BCUT2D eigenvalue weighted by atomic mass is 10.1. The number of fused-ring (bicyclic) bond motifs is 1. The van der Waals surface area contributed by atoms with Gasteiger partial charge in [0.2, 0.25) is 5.91 Å². The fraction of sp³-hybridized carbons (Fsp3) is 0.231. The molecule has 1 aromatic heterocycles. The molecule has 2 rings (SSSR count). The molecule has 0 aliphatic rings. The SMILES string of the molecule is COC(=O)c1[nH]c2ccc(C)cc2c1NC(C)=O. The van der Waals surface area contributed by atoms with Gasteiger partial charge in [0, 0.05) is 17.8 Å². The molecule has 1 aromatic carbocycles. The Kier molecular flexibility index (Phi) is 3.06. The van der Waals surface area contributed by atoms with Gasteiger partial charge in [0.25, 0.3) is 0 Å². The van der Waals surface area contributed by atoms with E-state index in [1.807, 2.05) is 25.1 Å². The highest BCUT2D eigenvalue weighted by molar-refractivity contribution is 6.10. The molecule has 1 amide bonds. The predicted molar refractivity (Wildman–Crippen MR) is 68.7 cm³/mol. The number of carbonyl (C=O) groups is 2. The van der Waals surface area contributed by atoms with E-state index in [1.54, 1.807) is 0 Å². The van der Waals surface area contributed by atoms with Crippen molar-refractivity contribution in [1.82, 2.24) is 4.98 Å². The topological polar surface area (TPSA) is 71.2 Å². The van der Waals surface area contributed by atoms with Crippen molar-refractivity contribution in [3.05, 3.63) is 29.5 Å². The molecule has 0 aliphatic heterocycles. The normalized spacial score (nSPS) is 10.4. The molecule has 0 fully saturated rings. The molecule has 2 N–H and O–H groups in total. The highest BCUT2D eigenvalue weighted by Crippen LogP contribution is 2.29. The lowest BCUT2D eigenvalue weighted by molar-refractivity contribution is -0.114. The molecule has 0 saturated heterocycles. The average molecular weight is 246 g/mol. The Morgan fingerprint density at radius 2 is 2.06 bits per heavy atom. The van der Waals surface area contributed by atoms with Crippen molar-refractivity contribution >= 4 is 28.5 Å². The van der Waals surface area contributed by atoms with Crippen LogP contribution in [0.25, 0.3) is 10.9 Å². The van der Waals surface area contributed by atoms with Crippen LogP contribution < -0.4 is 5.32 Å². The summed E-state index contributed by atoms with van der Waals surface area (Å²) in [4.78, 5) is 25.8. The number of benzene rings is 1. The van der Waals surface area contributed by atoms with Crippen molar-refractivity contribution in [2.24, 2.45) is 0 Å². The molecule has 94 valence electrons. The van der Waals surface area contributed by atoms with Crippen LogP contribution in [0.15, 0.2) is 18.2 Å². The molecule has 2 aromatic rings. The average Bonchev–Trinajstić information content (AvgIpc) is 2.66. The van der Waals surface area contributed by atoms with Gasteiger partial charge in [-0.1, -0.05) is 11.6 Å². The molecule has 0 aliphatic carbocycles. The molecule has 5 heteroatoms. The number of methoxy groups -OCH3 is 1. The van der Waals surface area contributed by atoms with E-state index in [-0.39, 0.29) is 11.6 Å². The number of ether oxygens (including phenoxy) is 1. The van der Waals surface area contributed by atoms with Gasteiger partial charge in [-0.25, -0.2) is 4.79 Å². The van der Waals surface area contributed by atoms with Gasteiger partial charge in [0.1, 0.15) is 5.69 Å². The number of H-pyrrole nitrogens is 1. The van der Waals surface area contributed by atoms with Gasteiger partial charge in [-0.05, 0) is 19.1 Å². The Labute approximate surface area is 104 Å². The summed E-state index contributed by atoms with van der Waals surface area (Å²) in [6.07, 6.45) is 0. The highest BCUT2D eigenvalue weighted by atomic mass is 16.5. The molecule has 1 heterocycles. The molecule has 0 spiro atoms. The van der Waals surface area contributed by atoms with Crippen LogP contribution in [-0.4, -0.2) is 24.0 Å². The van der Waals surface area contributed by atoms with E-state index in [4.69, 9.17) is 4.74 Å². The fourth-order valence-corrected chi connectivity index (χ4v) is 1.87. The Balaban J connectivity index is 2.68. The second-order valence-corrected chi connectivity index (χ2v) is 4.10.